The van der Waals surface area contributed by atoms with Gasteiger partial charge in [0.1, 0.15) is 6.61 Å². The Labute approximate surface area is 53.8 Å². The third-order valence-electron chi connectivity index (χ3n) is 0.788. The Kier molecular flexibility index (Phi) is 4.76. The predicted octanol–water partition coefficient (Wildman–Crippen LogP) is 1.18. The van der Waals surface area contributed by atoms with Crippen LogP contribution < -0.4 is 0 Å². The largest absolute Gasteiger partial charge is 0.466 e. The Morgan fingerprint density at radius 2 is 2.50 bits per heavy atom. The number of hydrogen-bond acceptors (Lipinski definition) is 2. The molecule has 0 N–H and O–H groups in total. The van der Waals surface area contributed by atoms with Gasteiger partial charge in [-0.25, -0.2) is 0 Å². The molecule has 0 aromatic carbocycles. The molecule has 0 bridgehead atoms. The Hall–Kier alpha value is -0.240. The number of carbonyl (C=O) groups is 1. The molecule has 0 aliphatic carbocycles. The van der Waals surface area contributed by atoms with Gasteiger partial charge in [0.2, 0.25) is 0 Å². The molecule has 0 aromatic heterocycles. The molecule has 1 unspecified atom stereocenters. The molecule has 8 heavy (non-hydrogen) atoms. The van der Waals surface area contributed by atoms with Crippen LogP contribution in [0.4, 0.5) is 0 Å². The molecule has 3 heteroatoms. The lowest BCUT2D eigenvalue weighted by Crippen LogP contribution is -2.05. The topological polar surface area (TPSA) is 26.3 Å². The fourth-order valence-corrected chi connectivity index (χ4v) is 0.334. The van der Waals surface area contributed by atoms with Crippen LogP contribution in [0.5, 0.6) is 0 Å². The Balaban J connectivity index is 2.97. The van der Waals surface area contributed by atoms with E-state index >= 15 is 0 Å². The molecule has 0 amide bonds. The minimum atomic E-state index is -0.0276. The Bertz CT molecular complexity index is 65.4. The van der Waals surface area contributed by atoms with Crippen molar-refractivity contribution in [1.29, 1.82) is 0 Å². The van der Waals surface area contributed by atoms with Crippen molar-refractivity contribution in [3.05, 3.63) is 0 Å². The summed E-state index contributed by atoms with van der Waals surface area (Å²) in [6, 6.07) is 0. The van der Waals surface area contributed by atoms with Crippen molar-refractivity contribution in [2.45, 2.75) is 18.7 Å². The molecule has 0 spiro atoms. The minimum Gasteiger partial charge on any atom is -0.466 e. The maximum Gasteiger partial charge on any atom is 0.293 e. The summed E-state index contributed by atoms with van der Waals surface area (Å²) in [4.78, 5) is 9.54. The van der Waals surface area contributed by atoms with Crippen molar-refractivity contribution in [2.24, 2.45) is 0 Å². The van der Waals surface area contributed by atoms with E-state index in [1.165, 1.54) is 0 Å². The van der Waals surface area contributed by atoms with E-state index in [2.05, 4.69) is 4.74 Å². The summed E-state index contributed by atoms with van der Waals surface area (Å²) in [5, 5.41) is -0.0276. The lowest BCUT2D eigenvalue weighted by atomic mass is 10.3. The minimum absolute atomic E-state index is 0.0276. The fourth-order valence-electron chi connectivity index (χ4n) is 0.262. The first-order valence-corrected chi connectivity index (χ1v) is 2.94. The summed E-state index contributed by atoms with van der Waals surface area (Å²) >= 11 is 5.56. The van der Waals surface area contributed by atoms with Gasteiger partial charge in [-0.15, -0.1) is 11.6 Å². The van der Waals surface area contributed by atoms with Crippen molar-refractivity contribution in [1.82, 2.24) is 0 Å². The molecule has 0 fully saturated rings. The number of halogens is 1. The third kappa shape index (κ3) is 3.93. The van der Waals surface area contributed by atoms with Crippen LogP contribution in [0.3, 0.4) is 0 Å². The molecule has 0 rings (SSSR count). The molecule has 48 valence electrons. The summed E-state index contributed by atoms with van der Waals surface area (Å²) in [5.41, 5.74) is 0. The average molecular weight is 137 g/mol. The van der Waals surface area contributed by atoms with Crippen LogP contribution in [-0.4, -0.2) is 18.5 Å². The lowest BCUT2D eigenvalue weighted by molar-refractivity contribution is -0.128. The van der Waals surface area contributed by atoms with Gasteiger partial charge in [0.05, 0.1) is 5.38 Å². The van der Waals surface area contributed by atoms with Crippen LogP contribution >= 0.6 is 11.6 Å². The second kappa shape index (κ2) is 4.91. The second-order valence-electron chi connectivity index (χ2n) is 1.44. The number of hydrogen-bond donors (Lipinski definition) is 0. The van der Waals surface area contributed by atoms with E-state index in [0.29, 0.717) is 13.1 Å². The van der Waals surface area contributed by atoms with E-state index < -0.39 is 0 Å². The monoisotopic (exact) mass is 136 g/mol. The highest BCUT2D eigenvalue weighted by atomic mass is 35.5. The zero-order chi connectivity index (χ0) is 6.41. The highest BCUT2D eigenvalue weighted by Crippen LogP contribution is 1.99. The molecule has 1 atom stereocenters. The maximum absolute atomic E-state index is 9.54. The van der Waals surface area contributed by atoms with Crippen LogP contribution in [0, 0.1) is 0 Å². The number of carbonyl (C=O) groups excluding carboxylic acids is 1. The van der Waals surface area contributed by atoms with Crippen LogP contribution in [-0.2, 0) is 9.53 Å². The van der Waals surface area contributed by atoms with Gasteiger partial charge in [-0.05, 0) is 6.42 Å². The van der Waals surface area contributed by atoms with E-state index in [-0.39, 0.29) is 5.38 Å². The van der Waals surface area contributed by atoms with Crippen LogP contribution in [0.1, 0.15) is 13.3 Å². The summed E-state index contributed by atoms with van der Waals surface area (Å²) < 4.78 is 4.37. The van der Waals surface area contributed by atoms with E-state index in [4.69, 9.17) is 11.6 Å². The van der Waals surface area contributed by atoms with Gasteiger partial charge >= 0.3 is 0 Å². The van der Waals surface area contributed by atoms with Gasteiger partial charge in [-0.1, -0.05) is 6.92 Å². The Morgan fingerprint density at radius 1 is 1.88 bits per heavy atom. The first kappa shape index (κ1) is 7.76. The number of alkyl halides is 1. The average Bonchev–Trinajstić information content (AvgIpc) is 1.83. The molecule has 0 saturated heterocycles. The van der Waals surface area contributed by atoms with Gasteiger partial charge in [-0.2, -0.15) is 0 Å². The van der Waals surface area contributed by atoms with Gasteiger partial charge in [0, 0.05) is 0 Å². The zero-order valence-corrected chi connectivity index (χ0v) is 5.52. The van der Waals surface area contributed by atoms with E-state index in [1.807, 2.05) is 6.92 Å². The van der Waals surface area contributed by atoms with Crippen molar-refractivity contribution >= 4 is 18.1 Å². The van der Waals surface area contributed by atoms with E-state index in [0.717, 1.165) is 6.42 Å². The first-order valence-electron chi connectivity index (χ1n) is 2.50. The van der Waals surface area contributed by atoms with Gasteiger partial charge in [-0.3, -0.25) is 4.79 Å². The lowest BCUT2D eigenvalue weighted by Gasteiger charge is -2.01. The SMILES string of the molecule is CCC(Cl)COC=O. The number of rotatable bonds is 4. The van der Waals surface area contributed by atoms with Crippen molar-refractivity contribution < 1.29 is 9.53 Å². The summed E-state index contributed by atoms with van der Waals surface area (Å²) in [5.74, 6) is 0. The number of ether oxygens (including phenoxy) is 1. The molecule has 0 radical (unpaired) electrons. The van der Waals surface area contributed by atoms with Crippen LogP contribution in [0.25, 0.3) is 0 Å². The van der Waals surface area contributed by atoms with E-state index in [9.17, 15) is 4.79 Å². The van der Waals surface area contributed by atoms with Gasteiger partial charge in [0.25, 0.3) is 6.47 Å². The van der Waals surface area contributed by atoms with Crippen molar-refractivity contribution in [3.63, 3.8) is 0 Å². The molecular formula is C5H9ClO2. The fraction of sp³-hybridized carbons (Fsp3) is 0.800. The molecule has 0 aliphatic rings. The molecule has 0 saturated carbocycles. The zero-order valence-electron chi connectivity index (χ0n) is 4.76. The van der Waals surface area contributed by atoms with Gasteiger partial charge < -0.3 is 4.74 Å². The maximum atomic E-state index is 9.54. The summed E-state index contributed by atoms with van der Waals surface area (Å²) in [7, 11) is 0. The predicted molar refractivity (Wildman–Crippen MR) is 31.9 cm³/mol. The molecule has 0 aliphatic heterocycles. The summed E-state index contributed by atoms with van der Waals surface area (Å²) in [6.07, 6.45) is 0.829. The standard InChI is InChI=1S/C5H9ClO2/c1-2-5(6)3-8-4-7/h4-5H,2-3H2,1H3. The summed E-state index contributed by atoms with van der Waals surface area (Å²) in [6.45, 7) is 2.67. The van der Waals surface area contributed by atoms with Gasteiger partial charge in [0.15, 0.2) is 0 Å². The smallest absolute Gasteiger partial charge is 0.293 e. The molecule has 0 aromatic rings. The normalized spacial score (nSPS) is 12.8. The highest BCUT2D eigenvalue weighted by molar-refractivity contribution is 6.20. The van der Waals surface area contributed by atoms with Crippen molar-refractivity contribution in [3.8, 4) is 0 Å². The molecule has 0 heterocycles. The quantitative estimate of drug-likeness (QED) is 0.429. The first-order chi connectivity index (χ1) is 3.81. The van der Waals surface area contributed by atoms with E-state index in [1.54, 1.807) is 0 Å². The Morgan fingerprint density at radius 3 is 2.88 bits per heavy atom. The second-order valence-corrected chi connectivity index (χ2v) is 2.05. The molecular weight excluding hydrogens is 128 g/mol. The van der Waals surface area contributed by atoms with Crippen molar-refractivity contribution in [2.75, 3.05) is 6.61 Å². The van der Waals surface area contributed by atoms with Crippen LogP contribution in [0.2, 0.25) is 0 Å². The third-order valence-corrected chi connectivity index (χ3v) is 1.22. The highest BCUT2D eigenvalue weighted by Gasteiger charge is 1.98. The van der Waals surface area contributed by atoms with Crippen LogP contribution in [0.15, 0.2) is 0 Å². The molecule has 2 nitrogen and oxygen atoms in total.